The van der Waals surface area contributed by atoms with Crippen molar-refractivity contribution in [2.24, 2.45) is 0 Å². The molecular weight excluding hydrogens is 364 g/mol. The molecule has 1 N–H and O–H groups in total. The molecule has 1 saturated heterocycles. The molecule has 2 nitrogen and oxygen atoms in total. The van der Waals surface area contributed by atoms with Crippen LogP contribution in [0, 0.1) is 0 Å². The summed E-state index contributed by atoms with van der Waals surface area (Å²) < 4.78 is 0. The predicted molar refractivity (Wildman–Crippen MR) is 91.4 cm³/mol. The van der Waals surface area contributed by atoms with Gasteiger partial charge in [0, 0.05) is 12.5 Å². The van der Waals surface area contributed by atoms with E-state index in [1.165, 1.54) is 0 Å². The molecule has 0 bridgehead atoms. The fourth-order valence-corrected chi connectivity index (χ4v) is 3.38. The fourth-order valence-electron chi connectivity index (χ4n) is 2.76. The molecule has 2 aromatic carbocycles. The van der Waals surface area contributed by atoms with Gasteiger partial charge in [-0.05, 0) is 35.4 Å². The van der Waals surface area contributed by atoms with Gasteiger partial charge in [0.15, 0.2) is 0 Å². The van der Waals surface area contributed by atoms with Crippen LogP contribution in [0.1, 0.15) is 23.0 Å². The average molecular weight is 375 g/mol. The van der Waals surface area contributed by atoms with E-state index < -0.39 is 0 Å². The van der Waals surface area contributed by atoms with Gasteiger partial charge in [-0.25, -0.2) is 0 Å². The summed E-state index contributed by atoms with van der Waals surface area (Å²) in [6.45, 7) is 0.543. The molecule has 1 aliphatic rings. The van der Waals surface area contributed by atoms with Crippen LogP contribution < -0.4 is 5.32 Å². The first-order valence-electron chi connectivity index (χ1n) is 6.65. The monoisotopic (exact) mass is 373 g/mol. The van der Waals surface area contributed by atoms with E-state index in [0.29, 0.717) is 26.6 Å². The van der Waals surface area contributed by atoms with E-state index >= 15 is 0 Å². The fraction of sp³-hybridized carbons (Fsp3) is 0.188. The molecule has 3 rings (SSSR count). The summed E-state index contributed by atoms with van der Waals surface area (Å²) >= 11 is 24.1. The van der Waals surface area contributed by atoms with Crippen molar-refractivity contribution in [1.29, 1.82) is 0 Å². The SMILES string of the molecule is O=C1NC[C@@H](c2ccc(Cl)c(Cl)c2)[C@@H]1c1ccc(Cl)c(Cl)c1. The van der Waals surface area contributed by atoms with Crippen molar-refractivity contribution < 1.29 is 4.79 Å². The molecule has 114 valence electrons. The Hall–Kier alpha value is -0.930. The lowest BCUT2D eigenvalue weighted by molar-refractivity contribution is -0.120. The zero-order valence-corrected chi connectivity index (χ0v) is 14.3. The largest absolute Gasteiger partial charge is 0.355 e. The normalized spacial score (nSPS) is 21.0. The summed E-state index contributed by atoms with van der Waals surface area (Å²) in [5, 5.41) is 4.77. The zero-order valence-electron chi connectivity index (χ0n) is 11.2. The highest BCUT2D eigenvalue weighted by atomic mass is 35.5. The molecule has 1 aliphatic heterocycles. The maximum Gasteiger partial charge on any atom is 0.228 e. The highest BCUT2D eigenvalue weighted by molar-refractivity contribution is 6.42. The lowest BCUT2D eigenvalue weighted by atomic mass is 9.84. The van der Waals surface area contributed by atoms with E-state index in [0.717, 1.165) is 11.1 Å². The van der Waals surface area contributed by atoms with Crippen molar-refractivity contribution in [2.75, 3.05) is 6.54 Å². The van der Waals surface area contributed by atoms with Gasteiger partial charge in [0.1, 0.15) is 0 Å². The van der Waals surface area contributed by atoms with Crippen LogP contribution in [0.15, 0.2) is 36.4 Å². The Bertz CT molecular complexity index is 747. The van der Waals surface area contributed by atoms with Crippen molar-refractivity contribution in [3.8, 4) is 0 Å². The van der Waals surface area contributed by atoms with Crippen LogP contribution in [-0.2, 0) is 4.79 Å². The number of carbonyl (C=O) groups excluding carboxylic acids is 1. The molecule has 0 aromatic heterocycles. The van der Waals surface area contributed by atoms with E-state index in [9.17, 15) is 4.79 Å². The van der Waals surface area contributed by atoms with Crippen molar-refractivity contribution >= 4 is 52.3 Å². The number of carbonyl (C=O) groups is 1. The van der Waals surface area contributed by atoms with Crippen molar-refractivity contribution in [1.82, 2.24) is 5.32 Å². The van der Waals surface area contributed by atoms with Gasteiger partial charge in [0.2, 0.25) is 5.91 Å². The summed E-state index contributed by atoms with van der Waals surface area (Å²) in [6.07, 6.45) is 0. The van der Waals surface area contributed by atoms with Crippen molar-refractivity contribution in [3.63, 3.8) is 0 Å². The van der Waals surface area contributed by atoms with Crippen LogP contribution >= 0.6 is 46.4 Å². The minimum atomic E-state index is -0.327. The van der Waals surface area contributed by atoms with Crippen LogP contribution in [0.4, 0.5) is 0 Å². The quantitative estimate of drug-likeness (QED) is 0.759. The number of rotatable bonds is 2. The van der Waals surface area contributed by atoms with Crippen LogP contribution in [0.5, 0.6) is 0 Å². The summed E-state index contributed by atoms with van der Waals surface area (Å²) in [5.74, 6) is -0.388. The second kappa shape index (κ2) is 6.29. The second-order valence-electron chi connectivity index (χ2n) is 5.18. The van der Waals surface area contributed by atoms with E-state index in [1.807, 2.05) is 12.1 Å². The Morgan fingerprint density at radius 2 is 1.36 bits per heavy atom. The smallest absolute Gasteiger partial charge is 0.228 e. The summed E-state index contributed by atoms with van der Waals surface area (Å²) in [6, 6.07) is 10.7. The number of amides is 1. The van der Waals surface area contributed by atoms with Crippen molar-refractivity contribution in [2.45, 2.75) is 11.8 Å². The average Bonchev–Trinajstić information content (AvgIpc) is 2.87. The molecule has 0 saturated carbocycles. The lowest BCUT2D eigenvalue weighted by Gasteiger charge is -2.18. The lowest BCUT2D eigenvalue weighted by Crippen LogP contribution is -2.18. The molecule has 0 radical (unpaired) electrons. The third-order valence-corrected chi connectivity index (χ3v) is 5.33. The maximum absolute atomic E-state index is 12.3. The molecule has 0 aliphatic carbocycles. The molecular formula is C16H11Cl4NO. The minimum absolute atomic E-state index is 0.0282. The first-order valence-corrected chi connectivity index (χ1v) is 8.16. The van der Waals surface area contributed by atoms with Gasteiger partial charge in [-0.15, -0.1) is 0 Å². The van der Waals surface area contributed by atoms with E-state index in [2.05, 4.69) is 5.32 Å². The molecule has 1 fully saturated rings. The number of hydrogen-bond donors (Lipinski definition) is 1. The number of benzene rings is 2. The molecule has 0 spiro atoms. The van der Waals surface area contributed by atoms with Crippen LogP contribution in [0.3, 0.4) is 0 Å². The van der Waals surface area contributed by atoms with Gasteiger partial charge in [-0.1, -0.05) is 58.5 Å². The molecule has 1 amide bonds. The zero-order chi connectivity index (χ0) is 15.9. The molecule has 2 aromatic rings. The highest BCUT2D eigenvalue weighted by Gasteiger charge is 2.37. The van der Waals surface area contributed by atoms with E-state index in [-0.39, 0.29) is 17.7 Å². The number of hydrogen-bond acceptors (Lipinski definition) is 1. The Labute approximate surface area is 148 Å². The Balaban J connectivity index is 2.01. The number of halogens is 4. The standard InChI is InChI=1S/C16H11Cl4NO/c17-11-3-1-8(5-13(11)19)10-7-21-16(22)15(10)9-2-4-12(18)14(20)6-9/h1-6,10,15H,7H2,(H,21,22)/t10-,15-/m0/s1. The van der Waals surface area contributed by atoms with Gasteiger partial charge < -0.3 is 5.32 Å². The van der Waals surface area contributed by atoms with E-state index in [4.69, 9.17) is 46.4 Å². The first-order chi connectivity index (χ1) is 10.5. The summed E-state index contributed by atoms with van der Waals surface area (Å²) in [4.78, 5) is 12.3. The number of nitrogens with one attached hydrogen (secondary N) is 1. The van der Waals surface area contributed by atoms with Gasteiger partial charge in [0.05, 0.1) is 26.0 Å². The third-order valence-electron chi connectivity index (χ3n) is 3.86. The second-order valence-corrected chi connectivity index (χ2v) is 6.81. The summed E-state index contributed by atoms with van der Waals surface area (Å²) in [5.41, 5.74) is 1.80. The van der Waals surface area contributed by atoms with E-state index in [1.54, 1.807) is 24.3 Å². The Morgan fingerprint density at radius 3 is 1.95 bits per heavy atom. The Morgan fingerprint density at radius 1 is 0.818 bits per heavy atom. The molecule has 6 heteroatoms. The first kappa shape index (κ1) is 15.9. The van der Waals surface area contributed by atoms with Gasteiger partial charge in [-0.2, -0.15) is 0 Å². The Kier molecular flexibility index (Phi) is 4.56. The highest BCUT2D eigenvalue weighted by Crippen LogP contribution is 2.40. The third kappa shape index (κ3) is 2.93. The van der Waals surface area contributed by atoms with Crippen LogP contribution in [0.25, 0.3) is 0 Å². The minimum Gasteiger partial charge on any atom is -0.355 e. The molecule has 0 unspecified atom stereocenters. The molecule has 22 heavy (non-hydrogen) atoms. The summed E-state index contributed by atoms with van der Waals surface area (Å²) in [7, 11) is 0. The molecule has 2 atom stereocenters. The maximum atomic E-state index is 12.3. The molecule has 1 heterocycles. The van der Waals surface area contributed by atoms with Gasteiger partial charge in [0.25, 0.3) is 0 Å². The van der Waals surface area contributed by atoms with Gasteiger partial charge in [-0.3, -0.25) is 4.79 Å². The van der Waals surface area contributed by atoms with Crippen LogP contribution in [-0.4, -0.2) is 12.5 Å². The topological polar surface area (TPSA) is 29.1 Å². The van der Waals surface area contributed by atoms with Crippen molar-refractivity contribution in [3.05, 3.63) is 67.6 Å². The van der Waals surface area contributed by atoms with Crippen LogP contribution in [0.2, 0.25) is 20.1 Å². The predicted octanol–water partition coefficient (Wildman–Crippen LogP) is 5.30. The van der Waals surface area contributed by atoms with Gasteiger partial charge >= 0.3 is 0 Å².